The minimum Gasteiger partial charge on any atom is -0.487 e. The summed E-state index contributed by atoms with van der Waals surface area (Å²) in [5.41, 5.74) is 3.84. The largest absolute Gasteiger partial charge is 0.487 e. The normalized spacial score (nSPS) is 17.5. The first-order chi connectivity index (χ1) is 11.9. The predicted octanol–water partition coefficient (Wildman–Crippen LogP) is 4.47. The third-order valence-corrected chi connectivity index (χ3v) is 5.10. The molecule has 2 saturated heterocycles. The van der Waals surface area contributed by atoms with Crippen LogP contribution in [0.3, 0.4) is 0 Å². The second-order valence-corrected chi connectivity index (χ2v) is 6.81. The lowest BCUT2D eigenvalue weighted by atomic mass is 10.2. The molecule has 2 aliphatic rings. The van der Waals surface area contributed by atoms with Crippen LogP contribution in [0.1, 0.15) is 31.2 Å². The van der Waals surface area contributed by atoms with E-state index in [0.717, 1.165) is 18.8 Å². The van der Waals surface area contributed by atoms with Gasteiger partial charge in [-0.05, 0) is 49.4 Å². The Hall–Kier alpha value is -2.16. The fourth-order valence-corrected chi connectivity index (χ4v) is 3.74. The van der Waals surface area contributed by atoms with Crippen molar-refractivity contribution < 1.29 is 4.74 Å². The Morgan fingerprint density at radius 1 is 0.750 bits per heavy atom. The summed E-state index contributed by atoms with van der Waals surface area (Å²) in [4.78, 5) is 4.99. The maximum atomic E-state index is 6.19. The third kappa shape index (κ3) is 3.35. The maximum absolute atomic E-state index is 6.19. The van der Waals surface area contributed by atoms with Crippen LogP contribution in [0.4, 0.5) is 11.4 Å². The van der Waals surface area contributed by atoms with Gasteiger partial charge in [-0.1, -0.05) is 30.3 Å². The number of nitrogens with zero attached hydrogens (tertiary/aromatic N) is 2. The summed E-state index contributed by atoms with van der Waals surface area (Å²) in [5, 5.41) is 0. The van der Waals surface area contributed by atoms with Crippen molar-refractivity contribution in [2.24, 2.45) is 0 Å². The topological polar surface area (TPSA) is 15.7 Å². The van der Waals surface area contributed by atoms with Crippen LogP contribution in [0.2, 0.25) is 0 Å². The Morgan fingerprint density at radius 3 is 2.12 bits per heavy atom. The van der Waals surface area contributed by atoms with E-state index in [1.165, 1.54) is 55.7 Å². The molecule has 2 fully saturated rings. The van der Waals surface area contributed by atoms with Crippen LogP contribution in [0, 0.1) is 0 Å². The van der Waals surface area contributed by atoms with E-state index in [-0.39, 0.29) is 0 Å². The lowest BCUT2D eigenvalue weighted by Crippen LogP contribution is -2.21. The molecule has 0 spiro atoms. The first kappa shape index (κ1) is 15.4. The predicted molar refractivity (Wildman–Crippen MR) is 100 cm³/mol. The first-order valence-electron chi connectivity index (χ1n) is 9.21. The number of hydrogen-bond donors (Lipinski definition) is 0. The Morgan fingerprint density at radius 2 is 1.42 bits per heavy atom. The third-order valence-electron chi connectivity index (χ3n) is 5.10. The molecule has 0 atom stereocenters. The number of rotatable bonds is 5. The van der Waals surface area contributed by atoms with E-state index in [1.54, 1.807) is 0 Å². The van der Waals surface area contributed by atoms with Crippen molar-refractivity contribution in [1.82, 2.24) is 0 Å². The van der Waals surface area contributed by atoms with Gasteiger partial charge < -0.3 is 14.5 Å². The summed E-state index contributed by atoms with van der Waals surface area (Å²) in [6.45, 7) is 5.29. The standard InChI is InChI=1S/C21H26N2O/c1-2-8-18(9-3-1)17-24-21-11-10-19(22-12-4-5-13-22)16-20(21)23-14-6-7-15-23/h1-3,8-11,16H,4-7,12-15,17H2. The van der Waals surface area contributed by atoms with Crippen LogP contribution in [-0.4, -0.2) is 26.2 Å². The Labute approximate surface area is 144 Å². The van der Waals surface area contributed by atoms with Gasteiger partial charge in [0, 0.05) is 31.9 Å². The van der Waals surface area contributed by atoms with E-state index in [0.29, 0.717) is 6.61 Å². The molecule has 2 heterocycles. The minimum atomic E-state index is 0.630. The summed E-state index contributed by atoms with van der Waals surface area (Å²) in [6, 6.07) is 17.2. The zero-order chi connectivity index (χ0) is 16.2. The van der Waals surface area contributed by atoms with Crippen molar-refractivity contribution in [1.29, 1.82) is 0 Å². The molecule has 126 valence electrons. The van der Waals surface area contributed by atoms with Crippen LogP contribution >= 0.6 is 0 Å². The molecule has 2 aromatic carbocycles. The molecule has 2 aromatic rings. The van der Waals surface area contributed by atoms with Gasteiger partial charge in [0.15, 0.2) is 0 Å². The van der Waals surface area contributed by atoms with E-state index < -0.39 is 0 Å². The first-order valence-corrected chi connectivity index (χ1v) is 9.21. The quantitative estimate of drug-likeness (QED) is 0.808. The molecule has 0 radical (unpaired) electrons. The van der Waals surface area contributed by atoms with Gasteiger partial charge >= 0.3 is 0 Å². The Bertz CT molecular complexity index is 659. The van der Waals surface area contributed by atoms with Crippen molar-refractivity contribution in [2.75, 3.05) is 36.0 Å². The van der Waals surface area contributed by atoms with Crippen molar-refractivity contribution >= 4 is 11.4 Å². The van der Waals surface area contributed by atoms with Crippen LogP contribution < -0.4 is 14.5 Å². The molecule has 0 bridgehead atoms. The molecular formula is C21H26N2O. The van der Waals surface area contributed by atoms with Gasteiger partial charge in [-0.15, -0.1) is 0 Å². The van der Waals surface area contributed by atoms with Gasteiger partial charge in [-0.25, -0.2) is 0 Å². The van der Waals surface area contributed by atoms with Crippen LogP contribution in [0.5, 0.6) is 5.75 Å². The number of anilines is 2. The van der Waals surface area contributed by atoms with Crippen molar-refractivity contribution in [2.45, 2.75) is 32.3 Å². The highest BCUT2D eigenvalue weighted by Crippen LogP contribution is 2.36. The summed E-state index contributed by atoms with van der Waals surface area (Å²) in [7, 11) is 0. The van der Waals surface area contributed by atoms with E-state index in [4.69, 9.17) is 4.74 Å². The summed E-state index contributed by atoms with van der Waals surface area (Å²) in [5.74, 6) is 1.02. The highest BCUT2D eigenvalue weighted by atomic mass is 16.5. The zero-order valence-electron chi connectivity index (χ0n) is 14.3. The van der Waals surface area contributed by atoms with Gasteiger partial charge in [-0.3, -0.25) is 0 Å². The van der Waals surface area contributed by atoms with Gasteiger partial charge in [-0.2, -0.15) is 0 Å². The molecule has 0 amide bonds. The molecule has 0 aromatic heterocycles. The van der Waals surface area contributed by atoms with Crippen LogP contribution in [-0.2, 0) is 6.61 Å². The average molecular weight is 322 g/mol. The second-order valence-electron chi connectivity index (χ2n) is 6.81. The molecule has 3 nitrogen and oxygen atoms in total. The summed E-state index contributed by atoms with van der Waals surface area (Å²) < 4.78 is 6.19. The number of hydrogen-bond acceptors (Lipinski definition) is 3. The average Bonchev–Trinajstić information content (AvgIpc) is 3.34. The monoisotopic (exact) mass is 322 g/mol. The van der Waals surface area contributed by atoms with Gasteiger partial charge in [0.2, 0.25) is 0 Å². The Kier molecular flexibility index (Phi) is 4.59. The molecule has 0 aliphatic carbocycles. The molecule has 0 N–H and O–H groups in total. The second kappa shape index (κ2) is 7.16. The smallest absolute Gasteiger partial charge is 0.143 e. The molecule has 24 heavy (non-hydrogen) atoms. The van der Waals surface area contributed by atoms with Crippen LogP contribution in [0.25, 0.3) is 0 Å². The van der Waals surface area contributed by atoms with Crippen molar-refractivity contribution in [3.63, 3.8) is 0 Å². The molecule has 3 heteroatoms. The highest BCUT2D eigenvalue weighted by molar-refractivity contribution is 5.67. The summed E-state index contributed by atoms with van der Waals surface area (Å²) in [6.07, 6.45) is 5.19. The van der Waals surface area contributed by atoms with Gasteiger partial charge in [0.25, 0.3) is 0 Å². The molecule has 0 unspecified atom stereocenters. The highest BCUT2D eigenvalue weighted by Gasteiger charge is 2.20. The van der Waals surface area contributed by atoms with Crippen molar-refractivity contribution in [3.8, 4) is 5.75 Å². The van der Waals surface area contributed by atoms with E-state index in [1.807, 2.05) is 6.07 Å². The number of benzene rings is 2. The Balaban J connectivity index is 1.57. The minimum absolute atomic E-state index is 0.630. The van der Waals surface area contributed by atoms with Gasteiger partial charge in [0.05, 0.1) is 5.69 Å². The van der Waals surface area contributed by atoms with Crippen molar-refractivity contribution in [3.05, 3.63) is 54.1 Å². The SMILES string of the molecule is c1ccc(COc2ccc(N3CCCC3)cc2N2CCCC2)cc1. The lowest BCUT2D eigenvalue weighted by molar-refractivity contribution is 0.307. The molecular weight excluding hydrogens is 296 g/mol. The van der Waals surface area contributed by atoms with Gasteiger partial charge in [0.1, 0.15) is 12.4 Å². The van der Waals surface area contributed by atoms with Crippen LogP contribution in [0.15, 0.2) is 48.5 Å². The summed E-state index contributed by atoms with van der Waals surface area (Å²) >= 11 is 0. The fraction of sp³-hybridized carbons (Fsp3) is 0.429. The fourth-order valence-electron chi connectivity index (χ4n) is 3.74. The molecule has 4 rings (SSSR count). The number of ether oxygens (including phenoxy) is 1. The zero-order valence-corrected chi connectivity index (χ0v) is 14.3. The lowest BCUT2D eigenvalue weighted by Gasteiger charge is -2.25. The molecule has 0 saturated carbocycles. The van der Waals surface area contributed by atoms with E-state index in [2.05, 4.69) is 52.3 Å². The van der Waals surface area contributed by atoms with E-state index >= 15 is 0 Å². The molecule has 2 aliphatic heterocycles. The van der Waals surface area contributed by atoms with E-state index in [9.17, 15) is 0 Å². The maximum Gasteiger partial charge on any atom is 0.143 e.